The van der Waals surface area contributed by atoms with Gasteiger partial charge >= 0.3 is 0 Å². The highest BCUT2D eigenvalue weighted by molar-refractivity contribution is 5.99. The monoisotopic (exact) mass is 620 g/mol. The molecule has 0 bridgehead atoms. The first-order valence-electron chi connectivity index (χ1n) is 15.6. The van der Waals surface area contributed by atoms with Crippen molar-refractivity contribution in [2.75, 3.05) is 27.4 Å². The van der Waals surface area contributed by atoms with E-state index in [0.717, 1.165) is 38.5 Å². The number of ether oxygens (including phenoxy) is 3. The van der Waals surface area contributed by atoms with Crippen LogP contribution in [-0.2, 0) is 11.4 Å². The Morgan fingerprint density at radius 2 is 1.78 bits per heavy atom. The molecule has 0 spiro atoms. The van der Waals surface area contributed by atoms with Gasteiger partial charge in [0.1, 0.15) is 12.2 Å². The van der Waals surface area contributed by atoms with E-state index in [1.807, 2.05) is 12.1 Å². The molecule has 45 heavy (non-hydrogen) atoms. The summed E-state index contributed by atoms with van der Waals surface area (Å²) in [6.45, 7) is -0.480. The van der Waals surface area contributed by atoms with Gasteiger partial charge in [0.25, 0.3) is 5.91 Å². The molecule has 4 N–H and O–H groups in total. The van der Waals surface area contributed by atoms with Gasteiger partial charge in [-0.1, -0.05) is 37.8 Å². The molecule has 4 unspecified atom stereocenters. The molecule has 3 aromatic rings. The molecule has 2 aliphatic carbocycles. The number of fused-ring (bicyclic) bond motifs is 4. The van der Waals surface area contributed by atoms with Crippen molar-refractivity contribution in [3.05, 3.63) is 64.9 Å². The first-order valence-corrected chi connectivity index (χ1v) is 15.6. The Morgan fingerprint density at radius 1 is 1.02 bits per heavy atom. The van der Waals surface area contributed by atoms with Crippen molar-refractivity contribution in [2.45, 2.75) is 75.3 Å². The quantitative estimate of drug-likeness (QED) is 0.264. The van der Waals surface area contributed by atoms with Crippen molar-refractivity contribution in [2.24, 2.45) is 0 Å². The molecule has 4 atom stereocenters. The van der Waals surface area contributed by atoms with Gasteiger partial charge < -0.3 is 44.2 Å². The fraction of sp³-hybridized carbons (Fsp3) is 0.471. The van der Waals surface area contributed by atoms with Crippen molar-refractivity contribution < 1.29 is 43.5 Å². The first kappa shape index (κ1) is 30.9. The number of rotatable bonds is 9. The molecule has 0 saturated heterocycles. The largest absolute Gasteiger partial charge is 0.493 e. The van der Waals surface area contributed by atoms with E-state index in [1.165, 1.54) is 14.2 Å². The van der Waals surface area contributed by atoms with Gasteiger partial charge in [-0.2, -0.15) is 0 Å². The number of amides is 2. The van der Waals surface area contributed by atoms with Crippen LogP contribution in [-0.4, -0.2) is 83.7 Å². The van der Waals surface area contributed by atoms with Crippen LogP contribution in [0.15, 0.2) is 52.5 Å². The minimum absolute atomic E-state index is 0.0284. The number of aliphatic hydroxyl groups is 3. The van der Waals surface area contributed by atoms with E-state index in [2.05, 4.69) is 5.32 Å². The number of hydrogen-bond donors (Lipinski definition) is 4. The fourth-order valence-corrected chi connectivity index (χ4v) is 7.10. The summed E-state index contributed by atoms with van der Waals surface area (Å²) < 4.78 is 23.5. The Morgan fingerprint density at radius 3 is 2.47 bits per heavy atom. The topological polar surface area (TPSA) is 151 Å². The average molecular weight is 621 g/mol. The zero-order valence-corrected chi connectivity index (χ0v) is 25.5. The maximum absolute atomic E-state index is 14.5. The minimum Gasteiger partial charge on any atom is -0.493 e. The molecule has 1 aliphatic heterocycles. The highest BCUT2D eigenvalue weighted by Crippen LogP contribution is 2.52. The summed E-state index contributed by atoms with van der Waals surface area (Å²) in [4.78, 5) is 29.9. The smallest absolute Gasteiger partial charge is 0.290 e. The SMILES string of the molecule is COc1cc(CO)cc2c1OC1C2C(C(=O)NCCO)=CC(N(C(=O)c2cc3cccc(OC)c3o2)C2CCCCCC2)C1O. The molecule has 0 radical (unpaired) electrons. The second-order valence-electron chi connectivity index (χ2n) is 11.9. The number of carbonyl (C=O) groups excluding carboxylic acids is 2. The number of methoxy groups -OCH3 is 2. The molecule has 1 fully saturated rings. The van der Waals surface area contributed by atoms with Gasteiger partial charge in [-0.25, -0.2) is 0 Å². The zero-order valence-electron chi connectivity index (χ0n) is 25.5. The lowest BCUT2D eigenvalue weighted by molar-refractivity contribution is -0.118. The summed E-state index contributed by atoms with van der Waals surface area (Å²) in [5.41, 5.74) is 1.92. The molecular formula is C34H40N2O9. The molecule has 2 heterocycles. The molecule has 240 valence electrons. The first-order chi connectivity index (χ1) is 21.9. The molecule has 11 nitrogen and oxygen atoms in total. The molecule has 2 amide bonds. The van der Waals surface area contributed by atoms with Crippen molar-refractivity contribution in [1.29, 1.82) is 0 Å². The fourth-order valence-electron chi connectivity index (χ4n) is 7.10. The van der Waals surface area contributed by atoms with E-state index >= 15 is 0 Å². The third-order valence-electron chi connectivity index (χ3n) is 9.21. The van der Waals surface area contributed by atoms with Crippen LogP contribution >= 0.6 is 0 Å². The highest BCUT2D eigenvalue weighted by atomic mass is 16.5. The Hall–Kier alpha value is -4.06. The molecule has 3 aliphatic rings. The van der Waals surface area contributed by atoms with Crippen LogP contribution in [0.25, 0.3) is 11.0 Å². The summed E-state index contributed by atoms with van der Waals surface area (Å²) >= 11 is 0. The van der Waals surface area contributed by atoms with Crippen LogP contribution in [0.5, 0.6) is 17.2 Å². The molecule has 6 rings (SSSR count). The number of benzene rings is 2. The molecule has 2 aromatic carbocycles. The highest BCUT2D eigenvalue weighted by Gasteiger charge is 2.52. The summed E-state index contributed by atoms with van der Waals surface area (Å²) in [6.07, 6.45) is 4.95. The van der Waals surface area contributed by atoms with Gasteiger partial charge in [0.2, 0.25) is 5.91 Å². The van der Waals surface area contributed by atoms with Gasteiger partial charge in [-0.05, 0) is 48.7 Å². The number of hydrogen-bond acceptors (Lipinski definition) is 9. The van der Waals surface area contributed by atoms with E-state index < -0.39 is 36.0 Å². The minimum atomic E-state index is -1.22. The van der Waals surface area contributed by atoms with Crippen molar-refractivity contribution in [3.8, 4) is 17.2 Å². The number of aliphatic hydroxyl groups excluding tert-OH is 3. The third-order valence-corrected chi connectivity index (χ3v) is 9.21. The van der Waals surface area contributed by atoms with Crippen molar-refractivity contribution in [1.82, 2.24) is 10.2 Å². The average Bonchev–Trinajstić information content (AvgIpc) is 3.58. The molecule has 11 heteroatoms. The van der Waals surface area contributed by atoms with E-state index in [0.29, 0.717) is 44.9 Å². The molecular weight excluding hydrogens is 580 g/mol. The number of carbonyl (C=O) groups is 2. The van der Waals surface area contributed by atoms with E-state index in [4.69, 9.17) is 18.6 Å². The van der Waals surface area contributed by atoms with Gasteiger partial charge in [0, 0.05) is 29.1 Å². The van der Waals surface area contributed by atoms with Crippen LogP contribution in [0.4, 0.5) is 0 Å². The normalized spacial score (nSPS) is 22.9. The predicted molar refractivity (Wildman–Crippen MR) is 164 cm³/mol. The second kappa shape index (κ2) is 13.1. The summed E-state index contributed by atoms with van der Waals surface area (Å²) in [5.74, 6) is -0.180. The maximum Gasteiger partial charge on any atom is 0.290 e. The van der Waals surface area contributed by atoms with E-state index in [-0.39, 0.29) is 31.6 Å². The van der Waals surface area contributed by atoms with Crippen molar-refractivity contribution >= 4 is 22.8 Å². The van der Waals surface area contributed by atoms with Crippen LogP contribution < -0.4 is 19.5 Å². The summed E-state index contributed by atoms with van der Waals surface area (Å²) in [6, 6.07) is 9.38. The number of furan rings is 1. The van der Waals surface area contributed by atoms with Gasteiger partial charge in [0.15, 0.2) is 28.6 Å². The lowest BCUT2D eigenvalue weighted by Crippen LogP contribution is -2.58. The number of para-hydroxylation sites is 1. The van der Waals surface area contributed by atoms with E-state index in [9.17, 15) is 24.9 Å². The number of nitrogens with zero attached hydrogens (tertiary/aromatic N) is 1. The van der Waals surface area contributed by atoms with Crippen LogP contribution in [0.2, 0.25) is 0 Å². The van der Waals surface area contributed by atoms with Gasteiger partial charge in [-0.15, -0.1) is 0 Å². The Balaban J connectivity index is 1.47. The van der Waals surface area contributed by atoms with Crippen molar-refractivity contribution in [3.63, 3.8) is 0 Å². The molecule has 1 aromatic heterocycles. The van der Waals surface area contributed by atoms with Gasteiger partial charge in [-0.3, -0.25) is 9.59 Å². The Kier molecular flexibility index (Phi) is 9.02. The van der Waals surface area contributed by atoms with Crippen LogP contribution in [0.1, 0.15) is 66.1 Å². The van der Waals surface area contributed by atoms with Gasteiger partial charge in [0.05, 0.1) is 39.4 Å². The van der Waals surface area contributed by atoms with Crippen LogP contribution in [0, 0.1) is 0 Å². The Bertz CT molecular complexity index is 1590. The van der Waals surface area contributed by atoms with E-state index in [1.54, 1.807) is 35.2 Å². The lowest BCUT2D eigenvalue weighted by Gasteiger charge is -2.43. The third kappa shape index (κ3) is 5.64. The van der Waals surface area contributed by atoms with Crippen LogP contribution in [0.3, 0.4) is 0 Å². The zero-order chi connectivity index (χ0) is 31.7. The standard InChI is InChI=1S/C34H40N2O9/c1-42-25-11-7-8-20-16-27(44-30(20)25)34(41)36(21-9-5-3-4-6-10-21)24-17-23(33(40)35-12-13-37)28-22-14-19(18-38)15-26(43-2)31(22)45-32(28)29(24)39/h7-8,11,14-17,21,24,28-29,32,37-39H,3-6,9-10,12-13,18H2,1-2H3,(H,35,40). The number of nitrogens with one attached hydrogen (secondary N) is 1. The maximum atomic E-state index is 14.5. The Labute approximate surface area is 261 Å². The second-order valence-corrected chi connectivity index (χ2v) is 11.9. The predicted octanol–water partition coefficient (Wildman–Crippen LogP) is 3.43. The summed E-state index contributed by atoms with van der Waals surface area (Å²) in [5, 5.41) is 34.9. The summed E-state index contributed by atoms with van der Waals surface area (Å²) in [7, 11) is 3.03. The molecule has 1 saturated carbocycles. The lowest BCUT2D eigenvalue weighted by atomic mass is 9.76.